The summed E-state index contributed by atoms with van der Waals surface area (Å²) in [6.45, 7) is 1.13. The number of hydrogen-bond donors (Lipinski definition) is 1. The van der Waals surface area contributed by atoms with E-state index in [0.29, 0.717) is 24.2 Å². The molecule has 3 aromatic rings. The monoisotopic (exact) mass is 369 g/mol. The Morgan fingerprint density at radius 1 is 1.04 bits per heavy atom. The molecule has 2 atom stereocenters. The molecule has 4 nitrogen and oxygen atoms in total. The summed E-state index contributed by atoms with van der Waals surface area (Å²) in [5.41, 5.74) is 2.20. The van der Waals surface area contributed by atoms with Crippen molar-refractivity contribution in [2.75, 3.05) is 27.2 Å². The van der Waals surface area contributed by atoms with Gasteiger partial charge in [0, 0.05) is 36.0 Å². The van der Waals surface area contributed by atoms with Gasteiger partial charge in [-0.15, -0.1) is 0 Å². The molecule has 1 amide bonds. The summed E-state index contributed by atoms with van der Waals surface area (Å²) >= 11 is 0. The number of likely N-dealkylation sites (N-methyl/N-ethyl adjacent to an activating group) is 1. The molecule has 2 unspecified atom stereocenters. The van der Waals surface area contributed by atoms with Gasteiger partial charge in [0.1, 0.15) is 17.3 Å². The number of nitrogens with one attached hydrogen (secondary N) is 1. The molecular formula is C21H21F2N3O. The number of carbonyl (C=O) groups is 1. The van der Waals surface area contributed by atoms with E-state index in [1.807, 2.05) is 14.1 Å². The van der Waals surface area contributed by atoms with Gasteiger partial charge in [0.25, 0.3) is 5.91 Å². The highest BCUT2D eigenvalue weighted by Crippen LogP contribution is 2.31. The third kappa shape index (κ3) is 3.32. The summed E-state index contributed by atoms with van der Waals surface area (Å²) in [4.78, 5) is 20.0. The highest BCUT2D eigenvalue weighted by Gasteiger charge is 2.38. The van der Waals surface area contributed by atoms with E-state index >= 15 is 0 Å². The summed E-state index contributed by atoms with van der Waals surface area (Å²) in [6, 6.07) is 12.7. The molecule has 1 fully saturated rings. The third-order valence-electron chi connectivity index (χ3n) is 5.35. The van der Waals surface area contributed by atoms with Gasteiger partial charge in [0.05, 0.1) is 0 Å². The SMILES string of the molecule is CN(C)C1CN(C(=O)c2cc3cc(F)ccc3[nH]2)CC1c1ccc(F)cc1. The number of nitrogens with zero attached hydrogens (tertiary/aromatic N) is 2. The number of likely N-dealkylation sites (tertiary alicyclic amines) is 1. The third-order valence-corrected chi connectivity index (χ3v) is 5.35. The van der Waals surface area contributed by atoms with E-state index < -0.39 is 0 Å². The van der Waals surface area contributed by atoms with Gasteiger partial charge in [-0.25, -0.2) is 8.78 Å². The van der Waals surface area contributed by atoms with Crippen LogP contribution in [-0.4, -0.2) is 53.9 Å². The fourth-order valence-electron chi connectivity index (χ4n) is 3.90. The minimum absolute atomic E-state index is 0.103. The van der Waals surface area contributed by atoms with Crippen molar-refractivity contribution >= 4 is 16.8 Å². The highest BCUT2D eigenvalue weighted by molar-refractivity contribution is 5.98. The molecular weight excluding hydrogens is 348 g/mol. The van der Waals surface area contributed by atoms with Crippen LogP contribution in [0, 0.1) is 11.6 Å². The standard InChI is InChI=1S/C21H21F2N3O/c1-25(2)20-12-26(11-17(20)13-3-5-15(22)6-4-13)21(27)19-10-14-9-16(23)7-8-18(14)24-19/h3-10,17,20,24H,11-12H2,1-2H3. The molecule has 2 aromatic carbocycles. The van der Waals surface area contributed by atoms with Crippen LogP contribution >= 0.6 is 0 Å². The Bertz CT molecular complexity index is 981. The predicted molar refractivity (Wildman–Crippen MR) is 101 cm³/mol. The van der Waals surface area contributed by atoms with Gasteiger partial charge in [0.2, 0.25) is 0 Å². The van der Waals surface area contributed by atoms with Crippen molar-refractivity contribution in [2.24, 2.45) is 0 Å². The maximum absolute atomic E-state index is 13.4. The van der Waals surface area contributed by atoms with E-state index in [1.54, 1.807) is 29.2 Å². The Kier molecular flexibility index (Phi) is 4.44. The van der Waals surface area contributed by atoms with E-state index in [9.17, 15) is 13.6 Å². The average Bonchev–Trinajstić information content (AvgIpc) is 3.25. The fraction of sp³-hybridized carbons (Fsp3) is 0.286. The van der Waals surface area contributed by atoms with E-state index in [4.69, 9.17) is 0 Å². The van der Waals surface area contributed by atoms with Crippen molar-refractivity contribution in [1.82, 2.24) is 14.8 Å². The molecule has 1 N–H and O–H groups in total. The molecule has 1 aromatic heterocycles. The van der Waals surface area contributed by atoms with Crippen LogP contribution in [0.25, 0.3) is 10.9 Å². The lowest BCUT2D eigenvalue weighted by Crippen LogP contribution is -2.35. The van der Waals surface area contributed by atoms with Crippen molar-refractivity contribution in [3.8, 4) is 0 Å². The second-order valence-corrected chi connectivity index (χ2v) is 7.31. The van der Waals surface area contributed by atoms with Gasteiger partial charge in [-0.3, -0.25) is 4.79 Å². The summed E-state index contributed by atoms with van der Waals surface area (Å²) < 4.78 is 26.7. The number of carbonyl (C=O) groups excluding carboxylic acids is 1. The van der Waals surface area contributed by atoms with Crippen LogP contribution in [-0.2, 0) is 0 Å². The number of hydrogen-bond acceptors (Lipinski definition) is 2. The Hall–Kier alpha value is -2.73. The number of fused-ring (bicyclic) bond motifs is 1. The number of rotatable bonds is 3. The first-order chi connectivity index (χ1) is 12.9. The molecule has 1 aliphatic rings. The first kappa shape index (κ1) is 17.7. The van der Waals surface area contributed by atoms with Crippen molar-refractivity contribution in [3.05, 3.63) is 71.4 Å². The number of halogens is 2. The first-order valence-corrected chi connectivity index (χ1v) is 8.92. The van der Waals surface area contributed by atoms with Crippen LogP contribution in [0.3, 0.4) is 0 Å². The summed E-state index contributed by atoms with van der Waals surface area (Å²) in [5, 5.41) is 0.678. The van der Waals surface area contributed by atoms with Crippen molar-refractivity contribution in [3.63, 3.8) is 0 Å². The van der Waals surface area contributed by atoms with Gasteiger partial charge in [0.15, 0.2) is 0 Å². The topological polar surface area (TPSA) is 39.3 Å². The van der Waals surface area contributed by atoms with Crippen LogP contribution in [0.1, 0.15) is 22.0 Å². The normalized spacial score (nSPS) is 20.0. The van der Waals surface area contributed by atoms with Crippen molar-refractivity contribution < 1.29 is 13.6 Å². The van der Waals surface area contributed by atoms with Crippen molar-refractivity contribution in [2.45, 2.75) is 12.0 Å². The number of benzene rings is 2. The van der Waals surface area contributed by atoms with Crippen molar-refractivity contribution in [1.29, 1.82) is 0 Å². The summed E-state index contributed by atoms with van der Waals surface area (Å²) in [6.07, 6.45) is 0. The van der Waals surface area contributed by atoms with Crippen LogP contribution in [0.15, 0.2) is 48.5 Å². The fourth-order valence-corrected chi connectivity index (χ4v) is 3.90. The lowest BCUT2D eigenvalue weighted by Gasteiger charge is -2.25. The Morgan fingerprint density at radius 3 is 2.44 bits per heavy atom. The predicted octanol–water partition coefficient (Wildman–Crippen LogP) is 3.62. The number of aromatic amines is 1. The zero-order valence-corrected chi connectivity index (χ0v) is 15.2. The van der Waals surface area contributed by atoms with E-state index in [1.165, 1.54) is 24.3 Å². The summed E-state index contributed by atoms with van der Waals surface area (Å²) in [7, 11) is 3.97. The van der Waals surface area contributed by atoms with Crippen LogP contribution in [0.4, 0.5) is 8.78 Å². The maximum atomic E-state index is 13.4. The molecule has 4 rings (SSSR count). The highest BCUT2D eigenvalue weighted by atomic mass is 19.1. The first-order valence-electron chi connectivity index (χ1n) is 8.92. The van der Waals surface area contributed by atoms with Gasteiger partial charge < -0.3 is 14.8 Å². The lowest BCUT2D eigenvalue weighted by atomic mass is 9.94. The number of H-pyrrole nitrogens is 1. The Labute approximate surface area is 156 Å². The van der Waals surface area contributed by atoms with Crippen LogP contribution in [0.5, 0.6) is 0 Å². The van der Waals surface area contributed by atoms with Crippen LogP contribution in [0.2, 0.25) is 0 Å². The zero-order valence-electron chi connectivity index (χ0n) is 15.2. The second-order valence-electron chi connectivity index (χ2n) is 7.31. The zero-order chi connectivity index (χ0) is 19.1. The molecule has 27 heavy (non-hydrogen) atoms. The molecule has 1 saturated heterocycles. The molecule has 0 spiro atoms. The molecule has 0 radical (unpaired) electrons. The van der Waals surface area contributed by atoms with Crippen LogP contribution < -0.4 is 0 Å². The molecule has 1 aliphatic heterocycles. The minimum Gasteiger partial charge on any atom is -0.351 e. The van der Waals surface area contributed by atoms with Gasteiger partial charge in [-0.2, -0.15) is 0 Å². The largest absolute Gasteiger partial charge is 0.351 e. The molecule has 2 heterocycles. The van der Waals surface area contributed by atoms with E-state index in [-0.39, 0.29) is 29.5 Å². The molecule has 0 saturated carbocycles. The maximum Gasteiger partial charge on any atom is 0.270 e. The second kappa shape index (κ2) is 6.78. The van der Waals surface area contributed by atoms with Gasteiger partial charge in [-0.1, -0.05) is 12.1 Å². The van der Waals surface area contributed by atoms with Gasteiger partial charge >= 0.3 is 0 Å². The van der Waals surface area contributed by atoms with E-state index in [0.717, 1.165) is 11.1 Å². The molecule has 140 valence electrons. The lowest BCUT2D eigenvalue weighted by molar-refractivity contribution is 0.0777. The van der Waals surface area contributed by atoms with Gasteiger partial charge in [-0.05, 0) is 56.1 Å². The molecule has 6 heteroatoms. The smallest absolute Gasteiger partial charge is 0.270 e. The average molecular weight is 369 g/mol. The quantitative estimate of drug-likeness (QED) is 0.766. The number of aromatic nitrogens is 1. The Balaban J connectivity index is 1.61. The molecule has 0 bridgehead atoms. The van der Waals surface area contributed by atoms with E-state index in [2.05, 4.69) is 9.88 Å². The summed E-state index contributed by atoms with van der Waals surface area (Å²) in [5.74, 6) is -0.600. The number of amides is 1. The molecule has 0 aliphatic carbocycles. The Morgan fingerprint density at radius 2 is 1.74 bits per heavy atom. The minimum atomic E-state index is -0.328.